The third kappa shape index (κ3) is 6.86. The minimum absolute atomic E-state index is 0.00677. The third-order valence-corrected chi connectivity index (χ3v) is 13.2. The topological polar surface area (TPSA) is 91.0 Å². The molecule has 0 amide bonds. The van der Waals surface area contributed by atoms with E-state index >= 15 is 0 Å². The van der Waals surface area contributed by atoms with Crippen molar-refractivity contribution in [2.75, 3.05) is 6.54 Å². The van der Waals surface area contributed by atoms with Crippen LogP contribution in [0.2, 0.25) is 0 Å². The lowest BCUT2D eigenvalue weighted by Crippen LogP contribution is -2.39. The van der Waals surface area contributed by atoms with Crippen LogP contribution in [0.1, 0.15) is 86.0 Å². The number of aryl methyl sites for hydroxylation is 1. The first-order chi connectivity index (χ1) is 30.5. The van der Waals surface area contributed by atoms with Crippen molar-refractivity contribution < 1.29 is 4.84 Å². The second-order valence-corrected chi connectivity index (χ2v) is 16.8. The Hall–Kier alpha value is -6.55. The molecule has 0 N–H and O–H groups in total. The molecular formula is C53H51N7O2. The van der Waals surface area contributed by atoms with Gasteiger partial charge in [0.25, 0.3) is 5.56 Å². The van der Waals surface area contributed by atoms with E-state index < -0.39 is 11.1 Å². The number of hydrogen-bond donors (Lipinski definition) is 0. The highest BCUT2D eigenvalue weighted by atomic mass is 16.7. The standard InChI is InChI=1S/C53H51N7O2/c1-3-5-27-49-54-48-33-32-43(52(4-2)36-44-24-17-34-59(44)62-52)35-47(48)51(61)58(49)37-38-28-30-39(31-29-38)45-25-15-16-26-46(45)50-55-56-57-60(50)53(40-18-9-6-10-19-40,41-20-11-7-12-21-41)42-22-13-8-14-23-42/h6-16,18-23,25-26,28-33,35,44H,3-5,17,24,27,34,36-37H2,1-2H3/t44-,52-/m1/s1. The Morgan fingerprint density at radius 1 is 0.758 bits per heavy atom. The van der Waals surface area contributed by atoms with Gasteiger partial charge in [-0.15, -0.1) is 5.10 Å². The molecule has 6 aromatic carbocycles. The van der Waals surface area contributed by atoms with Crippen molar-refractivity contribution in [2.45, 2.75) is 82.5 Å². The van der Waals surface area contributed by atoms with Gasteiger partial charge >= 0.3 is 0 Å². The van der Waals surface area contributed by atoms with Gasteiger partial charge in [0, 0.05) is 31.0 Å². The van der Waals surface area contributed by atoms with Crippen LogP contribution in [0.4, 0.5) is 0 Å². The number of tetrazole rings is 1. The number of aromatic nitrogens is 6. The van der Waals surface area contributed by atoms with E-state index in [0.29, 0.717) is 23.8 Å². The molecule has 8 aromatic rings. The average molecular weight is 818 g/mol. The van der Waals surface area contributed by atoms with Gasteiger partial charge in [-0.2, -0.15) is 5.06 Å². The lowest BCUT2D eigenvalue weighted by molar-refractivity contribution is -0.200. The molecule has 0 aliphatic carbocycles. The molecule has 62 heavy (non-hydrogen) atoms. The zero-order valence-electron chi connectivity index (χ0n) is 35.4. The minimum atomic E-state index is -0.880. The van der Waals surface area contributed by atoms with Gasteiger partial charge in [-0.25, -0.2) is 9.67 Å². The molecule has 0 saturated carbocycles. The largest absolute Gasteiger partial charge is 0.292 e. The Labute approximate surface area is 362 Å². The average Bonchev–Trinajstić information content (AvgIpc) is 4.08. The fraction of sp³-hybridized carbons (Fsp3) is 0.264. The third-order valence-electron chi connectivity index (χ3n) is 13.2. The maximum Gasteiger partial charge on any atom is 0.261 e. The molecule has 0 bridgehead atoms. The maximum absolute atomic E-state index is 14.6. The Morgan fingerprint density at radius 2 is 1.40 bits per heavy atom. The Kier molecular flexibility index (Phi) is 10.7. The molecule has 9 nitrogen and oxygen atoms in total. The summed E-state index contributed by atoms with van der Waals surface area (Å²) < 4.78 is 3.87. The fourth-order valence-electron chi connectivity index (χ4n) is 9.99. The predicted molar refractivity (Wildman–Crippen MR) is 244 cm³/mol. The molecule has 2 fully saturated rings. The van der Waals surface area contributed by atoms with E-state index in [-0.39, 0.29) is 5.56 Å². The van der Waals surface area contributed by atoms with Gasteiger partial charge in [0.1, 0.15) is 17.0 Å². The smallest absolute Gasteiger partial charge is 0.261 e. The van der Waals surface area contributed by atoms with Crippen LogP contribution < -0.4 is 5.56 Å². The molecular weight excluding hydrogens is 767 g/mol. The summed E-state index contributed by atoms with van der Waals surface area (Å²) in [5.41, 5.74) is 7.57. The number of rotatable bonds is 13. The number of hydroxylamine groups is 2. The van der Waals surface area contributed by atoms with Crippen LogP contribution in [0, 0.1) is 0 Å². The van der Waals surface area contributed by atoms with E-state index in [2.05, 4.69) is 152 Å². The molecule has 9 heteroatoms. The van der Waals surface area contributed by atoms with Gasteiger partial charge in [-0.3, -0.25) is 14.2 Å². The molecule has 10 rings (SSSR count). The van der Waals surface area contributed by atoms with E-state index in [9.17, 15) is 4.79 Å². The molecule has 2 saturated heterocycles. The van der Waals surface area contributed by atoms with E-state index in [1.54, 1.807) is 0 Å². The molecule has 4 heterocycles. The molecule has 2 atom stereocenters. The van der Waals surface area contributed by atoms with Crippen molar-refractivity contribution in [3.05, 3.63) is 202 Å². The molecule has 2 aliphatic heterocycles. The van der Waals surface area contributed by atoms with Crippen molar-refractivity contribution >= 4 is 10.9 Å². The van der Waals surface area contributed by atoms with E-state index in [1.165, 1.54) is 6.42 Å². The van der Waals surface area contributed by atoms with Crippen molar-refractivity contribution in [2.24, 2.45) is 0 Å². The lowest BCUT2D eigenvalue weighted by atomic mass is 9.77. The van der Waals surface area contributed by atoms with E-state index in [1.807, 2.05) is 39.6 Å². The summed E-state index contributed by atoms with van der Waals surface area (Å²) in [6.07, 6.45) is 6.83. The maximum atomic E-state index is 14.6. The van der Waals surface area contributed by atoms with Crippen LogP contribution in [0.3, 0.4) is 0 Å². The van der Waals surface area contributed by atoms with Crippen LogP contribution in [0.15, 0.2) is 163 Å². The number of fused-ring (bicyclic) bond motifs is 2. The van der Waals surface area contributed by atoms with Gasteiger partial charge in [-0.1, -0.05) is 166 Å². The van der Waals surface area contributed by atoms with Crippen LogP contribution in [-0.2, 0) is 28.9 Å². The monoisotopic (exact) mass is 817 g/mol. The van der Waals surface area contributed by atoms with Crippen molar-refractivity contribution in [3.8, 4) is 22.5 Å². The number of benzene rings is 6. The highest BCUT2D eigenvalue weighted by Crippen LogP contribution is 2.46. The Balaban J connectivity index is 1.03. The van der Waals surface area contributed by atoms with Crippen molar-refractivity contribution in [1.29, 1.82) is 0 Å². The van der Waals surface area contributed by atoms with Gasteiger partial charge < -0.3 is 0 Å². The SMILES string of the molecule is CCCCc1nc2ccc([C@@]3(CC)C[C@H]4CCCN4O3)cc2c(=O)n1Cc1ccc(-c2ccccc2-c2nnnn2C(c2ccccc2)(c2ccccc2)c2ccccc2)cc1. The van der Waals surface area contributed by atoms with E-state index in [0.717, 1.165) is 101 Å². The first-order valence-electron chi connectivity index (χ1n) is 22.2. The van der Waals surface area contributed by atoms with Crippen molar-refractivity contribution in [1.82, 2.24) is 34.8 Å². The number of nitrogens with zero attached hydrogens (tertiary/aromatic N) is 7. The number of hydrogen-bond acceptors (Lipinski definition) is 7. The normalized spacial score (nSPS) is 17.7. The molecule has 2 aliphatic rings. The lowest BCUT2D eigenvalue weighted by Gasteiger charge is -2.36. The Bertz CT molecular complexity index is 2770. The zero-order valence-corrected chi connectivity index (χ0v) is 35.4. The summed E-state index contributed by atoms with van der Waals surface area (Å²) in [5, 5.41) is 16.7. The fourth-order valence-corrected chi connectivity index (χ4v) is 9.99. The quantitative estimate of drug-likeness (QED) is 0.107. The molecule has 0 radical (unpaired) electrons. The second-order valence-electron chi connectivity index (χ2n) is 16.8. The molecule has 0 spiro atoms. The predicted octanol–water partition coefficient (Wildman–Crippen LogP) is 10.4. The van der Waals surface area contributed by atoms with Crippen LogP contribution in [-0.4, -0.2) is 47.4 Å². The summed E-state index contributed by atoms with van der Waals surface area (Å²) >= 11 is 0. The van der Waals surface area contributed by atoms with Crippen molar-refractivity contribution in [3.63, 3.8) is 0 Å². The highest BCUT2D eigenvalue weighted by Gasteiger charge is 2.47. The van der Waals surface area contributed by atoms with Crippen LogP contribution in [0.5, 0.6) is 0 Å². The van der Waals surface area contributed by atoms with Gasteiger partial charge in [0.2, 0.25) is 0 Å². The second kappa shape index (κ2) is 16.7. The zero-order chi connectivity index (χ0) is 42.1. The Morgan fingerprint density at radius 3 is 2.03 bits per heavy atom. The van der Waals surface area contributed by atoms with Gasteiger partial charge in [0.05, 0.1) is 17.4 Å². The van der Waals surface area contributed by atoms with Gasteiger partial charge in [-0.05, 0) is 87.2 Å². The summed E-state index contributed by atoms with van der Waals surface area (Å²) in [6.45, 7) is 5.75. The molecule has 0 unspecified atom stereocenters. The summed E-state index contributed by atoms with van der Waals surface area (Å²) in [7, 11) is 0. The first-order valence-corrected chi connectivity index (χ1v) is 22.2. The van der Waals surface area contributed by atoms with Crippen LogP contribution >= 0.6 is 0 Å². The highest BCUT2D eigenvalue weighted by molar-refractivity contribution is 5.81. The van der Waals surface area contributed by atoms with Gasteiger partial charge in [0.15, 0.2) is 5.82 Å². The first kappa shape index (κ1) is 39.6. The summed E-state index contributed by atoms with van der Waals surface area (Å²) in [6, 6.07) is 54.9. The number of unbranched alkanes of at least 4 members (excludes halogenated alkanes) is 1. The summed E-state index contributed by atoms with van der Waals surface area (Å²) in [5.74, 6) is 1.46. The van der Waals surface area contributed by atoms with Crippen LogP contribution in [0.25, 0.3) is 33.4 Å². The summed E-state index contributed by atoms with van der Waals surface area (Å²) in [4.78, 5) is 26.4. The minimum Gasteiger partial charge on any atom is -0.292 e. The molecule has 2 aromatic heterocycles. The van der Waals surface area contributed by atoms with E-state index in [4.69, 9.17) is 20.1 Å². The molecule has 310 valence electrons.